The Balaban J connectivity index is 2.06. The van der Waals surface area contributed by atoms with Crippen LogP contribution in [-0.4, -0.2) is 17.9 Å². The minimum Gasteiger partial charge on any atom is -0.454 e. The monoisotopic (exact) mass is 296 g/mol. The van der Waals surface area contributed by atoms with Crippen molar-refractivity contribution in [2.45, 2.75) is 32.3 Å². The molecule has 2 rings (SSSR count). The average molecular weight is 296 g/mol. The van der Waals surface area contributed by atoms with E-state index in [1.807, 2.05) is 43.3 Å². The van der Waals surface area contributed by atoms with Crippen molar-refractivity contribution in [1.29, 1.82) is 0 Å². The number of rotatable bonds is 6. The van der Waals surface area contributed by atoms with Crippen LogP contribution in [0.3, 0.4) is 0 Å². The van der Waals surface area contributed by atoms with E-state index in [0.29, 0.717) is 12.0 Å². The Hall–Kier alpha value is -2.42. The van der Waals surface area contributed by atoms with Gasteiger partial charge in [-0.1, -0.05) is 67.6 Å². The van der Waals surface area contributed by atoms with Gasteiger partial charge < -0.3 is 4.74 Å². The smallest absolute Gasteiger partial charge is 0.314 e. The van der Waals surface area contributed by atoms with Gasteiger partial charge in [0.2, 0.25) is 5.78 Å². The number of hydrogen-bond acceptors (Lipinski definition) is 3. The minimum absolute atomic E-state index is 0.183. The van der Waals surface area contributed by atoms with Gasteiger partial charge in [0.25, 0.3) is 0 Å². The normalized spacial score (nSPS) is 13.2. The molecule has 0 N–H and O–H groups in total. The van der Waals surface area contributed by atoms with Crippen LogP contribution in [0.2, 0.25) is 0 Å². The highest BCUT2D eigenvalue weighted by atomic mass is 16.5. The first-order valence-electron chi connectivity index (χ1n) is 7.48. The molecule has 0 aromatic heterocycles. The SMILES string of the molecule is CCC(C(=O)OC(C)C(=O)c1ccccc1)c1ccccc1. The predicted octanol–water partition coefficient (Wildman–Crippen LogP) is 3.99. The molecule has 0 radical (unpaired) electrons. The average Bonchev–Trinajstić information content (AvgIpc) is 2.56. The molecule has 22 heavy (non-hydrogen) atoms. The Bertz CT molecular complexity index is 620. The summed E-state index contributed by atoms with van der Waals surface area (Å²) in [5.74, 6) is -0.880. The van der Waals surface area contributed by atoms with Crippen LogP contribution >= 0.6 is 0 Å². The molecule has 2 aromatic carbocycles. The minimum atomic E-state index is -0.785. The van der Waals surface area contributed by atoms with Crippen LogP contribution in [0.5, 0.6) is 0 Å². The summed E-state index contributed by atoms with van der Waals surface area (Å²) in [4.78, 5) is 24.6. The molecule has 0 amide bonds. The molecule has 3 nitrogen and oxygen atoms in total. The Morgan fingerprint density at radius 3 is 2.05 bits per heavy atom. The van der Waals surface area contributed by atoms with Crippen molar-refractivity contribution in [2.75, 3.05) is 0 Å². The molecule has 0 aliphatic heterocycles. The summed E-state index contributed by atoms with van der Waals surface area (Å²) in [6, 6.07) is 18.4. The summed E-state index contributed by atoms with van der Waals surface area (Å²) in [7, 11) is 0. The van der Waals surface area contributed by atoms with Crippen molar-refractivity contribution in [1.82, 2.24) is 0 Å². The zero-order valence-corrected chi connectivity index (χ0v) is 12.9. The van der Waals surface area contributed by atoms with Crippen molar-refractivity contribution in [3.63, 3.8) is 0 Å². The van der Waals surface area contributed by atoms with E-state index in [1.165, 1.54) is 0 Å². The van der Waals surface area contributed by atoms with E-state index in [1.54, 1.807) is 31.2 Å². The van der Waals surface area contributed by atoms with Crippen molar-refractivity contribution in [3.05, 3.63) is 71.8 Å². The van der Waals surface area contributed by atoms with Crippen molar-refractivity contribution in [2.24, 2.45) is 0 Å². The fourth-order valence-corrected chi connectivity index (χ4v) is 2.37. The molecule has 0 saturated heterocycles. The maximum Gasteiger partial charge on any atom is 0.314 e. The van der Waals surface area contributed by atoms with Gasteiger partial charge in [0.15, 0.2) is 6.10 Å². The van der Waals surface area contributed by atoms with Crippen molar-refractivity contribution >= 4 is 11.8 Å². The van der Waals surface area contributed by atoms with Gasteiger partial charge in [0.05, 0.1) is 5.92 Å². The Morgan fingerprint density at radius 2 is 1.50 bits per heavy atom. The van der Waals surface area contributed by atoms with Crippen LogP contribution in [0.4, 0.5) is 0 Å². The highest BCUT2D eigenvalue weighted by Gasteiger charge is 2.25. The summed E-state index contributed by atoms with van der Waals surface area (Å²) in [5, 5.41) is 0. The Morgan fingerprint density at radius 1 is 0.955 bits per heavy atom. The predicted molar refractivity (Wildman–Crippen MR) is 85.8 cm³/mol. The first-order chi connectivity index (χ1) is 10.6. The highest BCUT2D eigenvalue weighted by Crippen LogP contribution is 2.22. The topological polar surface area (TPSA) is 43.4 Å². The fraction of sp³-hybridized carbons (Fsp3) is 0.263. The van der Waals surface area contributed by atoms with Gasteiger partial charge in [-0.3, -0.25) is 9.59 Å². The van der Waals surface area contributed by atoms with Crippen molar-refractivity contribution in [3.8, 4) is 0 Å². The molecular weight excluding hydrogens is 276 g/mol. The Labute approximate surface area is 130 Å². The number of carbonyl (C=O) groups is 2. The zero-order chi connectivity index (χ0) is 15.9. The summed E-state index contributed by atoms with van der Waals surface area (Å²) in [6.07, 6.45) is -0.151. The van der Waals surface area contributed by atoms with E-state index in [-0.39, 0.29) is 17.7 Å². The van der Waals surface area contributed by atoms with E-state index >= 15 is 0 Å². The summed E-state index contributed by atoms with van der Waals surface area (Å²) < 4.78 is 5.39. The molecule has 0 fully saturated rings. The van der Waals surface area contributed by atoms with Gasteiger partial charge in [0, 0.05) is 5.56 Å². The summed E-state index contributed by atoms with van der Waals surface area (Å²) in [6.45, 7) is 3.55. The van der Waals surface area contributed by atoms with Crippen LogP contribution in [0.25, 0.3) is 0 Å². The van der Waals surface area contributed by atoms with Gasteiger partial charge in [-0.25, -0.2) is 0 Å². The summed E-state index contributed by atoms with van der Waals surface area (Å²) in [5.41, 5.74) is 1.46. The number of ketones is 1. The third kappa shape index (κ3) is 3.82. The fourth-order valence-electron chi connectivity index (χ4n) is 2.37. The molecule has 0 aliphatic rings. The molecule has 0 saturated carbocycles. The van der Waals surface area contributed by atoms with Crippen molar-refractivity contribution < 1.29 is 14.3 Å². The van der Waals surface area contributed by atoms with Crippen LogP contribution < -0.4 is 0 Å². The first kappa shape index (κ1) is 16.0. The molecular formula is C19H20O3. The highest BCUT2D eigenvalue weighted by molar-refractivity contribution is 6.00. The lowest BCUT2D eigenvalue weighted by Gasteiger charge is -2.18. The number of carbonyl (C=O) groups excluding carboxylic acids is 2. The van der Waals surface area contributed by atoms with Crippen LogP contribution in [0.1, 0.15) is 42.1 Å². The van der Waals surface area contributed by atoms with Crippen LogP contribution in [-0.2, 0) is 9.53 Å². The second-order valence-electron chi connectivity index (χ2n) is 5.18. The number of esters is 1. The molecule has 3 heteroatoms. The third-order valence-corrected chi connectivity index (χ3v) is 3.62. The van der Waals surface area contributed by atoms with Gasteiger partial charge in [0.1, 0.15) is 0 Å². The second-order valence-corrected chi connectivity index (χ2v) is 5.18. The quantitative estimate of drug-likeness (QED) is 0.598. The number of hydrogen-bond donors (Lipinski definition) is 0. The lowest BCUT2D eigenvalue weighted by molar-refractivity contribution is -0.148. The van der Waals surface area contributed by atoms with Gasteiger partial charge in [-0.05, 0) is 18.9 Å². The van der Waals surface area contributed by atoms with Gasteiger partial charge in [-0.15, -0.1) is 0 Å². The lowest BCUT2D eigenvalue weighted by atomic mass is 9.96. The molecule has 0 aliphatic carbocycles. The van der Waals surface area contributed by atoms with E-state index < -0.39 is 6.10 Å². The van der Waals surface area contributed by atoms with E-state index in [0.717, 1.165) is 5.56 Å². The van der Waals surface area contributed by atoms with E-state index in [2.05, 4.69) is 0 Å². The molecule has 114 valence electrons. The van der Waals surface area contributed by atoms with Gasteiger partial charge >= 0.3 is 5.97 Å². The Kier molecular flexibility index (Phi) is 5.48. The largest absolute Gasteiger partial charge is 0.454 e. The van der Waals surface area contributed by atoms with Crippen LogP contribution in [0, 0.1) is 0 Å². The summed E-state index contributed by atoms with van der Waals surface area (Å²) >= 11 is 0. The molecule has 2 unspecified atom stereocenters. The number of Topliss-reactive ketones (excluding diaryl/α,β-unsaturated/α-hetero) is 1. The number of ether oxygens (including phenoxy) is 1. The van der Waals surface area contributed by atoms with Crippen LogP contribution in [0.15, 0.2) is 60.7 Å². The maximum absolute atomic E-state index is 12.3. The standard InChI is InChI=1S/C19H20O3/c1-3-17(15-10-6-4-7-11-15)19(21)22-14(2)18(20)16-12-8-5-9-13-16/h4-14,17H,3H2,1-2H3. The van der Waals surface area contributed by atoms with Gasteiger partial charge in [-0.2, -0.15) is 0 Å². The maximum atomic E-state index is 12.3. The molecule has 2 aromatic rings. The molecule has 0 bridgehead atoms. The molecule has 0 spiro atoms. The second kappa shape index (κ2) is 7.55. The zero-order valence-electron chi connectivity index (χ0n) is 12.9. The lowest BCUT2D eigenvalue weighted by Crippen LogP contribution is -2.27. The molecule has 0 heterocycles. The third-order valence-electron chi connectivity index (χ3n) is 3.62. The first-order valence-corrected chi connectivity index (χ1v) is 7.48. The van der Waals surface area contributed by atoms with E-state index in [9.17, 15) is 9.59 Å². The molecule has 2 atom stereocenters. The number of benzene rings is 2. The van der Waals surface area contributed by atoms with E-state index in [4.69, 9.17) is 4.74 Å².